The summed E-state index contributed by atoms with van der Waals surface area (Å²) >= 11 is 0. The zero-order valence-corrected chi connectivity index (χ0v) is 24.0. The zero-order chi connectivity index (χ0) is 27.3. The number of hydrogen-bond acceptors (Lipinski definition) is 2. The van der Waals surface area contributed by atoms with Gasteiger partial charge in [-0.15, -0.1) is 0 Å². The van der Waals surface area contributed by atoms with Gasteiger partial charge in [-0.25, -0.2) is 0 Å². The maximum absolute atomic E-state index is 3.16. The van der Waals surface area contributed by atoms with E-state index >= 15 is 0 Å². The normalized spacial score (nSPS) is 9.47. The van der Waals surface area contributed by atoms with Crippen molar-refractivity contribution in [2.45, 2.75) is 79.1 Å². The summed E-state index contributed by atoms with van der Waals surface area (Å²) in [5, 5.41) is 0. The maximum atomic E-state index is 3.16. The van der Waals surface area contributed by atoms with Gasteiger partial charge in [0.05, 0.1) is 0 Å². The topological polar surface area (TPSA) is 6.48 Å². The van der Waals surface area contributed by atoms with Crippen LogP contribution in [0.4, 0.5) is 11.4 Å². The predicted molar refractivity (Wildman–Crippen MR) is 166 cm³/mol. The van der Waals surface area contributed by atoms with Gasteiger partial charge in [0.15, 0.2) is 0 Å². The molecule has 2 rings (SSSR count). The van der Waals surface area contributed by atoms with Gasteiger partial charge in [0.2, 0.25) is 0 Å². The summed E-state index contributed by atoms with van der Waals surface area (Å²) in [4.78, 5) is 4.94. The molecule has 198 valence electrons. The molecule has 0 heterocycles. The Kier molecular flexibility index (Phi) is 15.6. The van der Waals surface area contributed by atoms with Crippen LogP contribution in [0.25, 0.3) is 0 Å². The molecule has 2 aromatic carbocycles. The van der Waals surface area contributed by atoms with E-state index in [1.54, 1.807) is 0 Å². The summed E-state index contributed by atoms with van der Waals surface area (Å²) < 4.78 is 0. The first kappa shape index (κ1) is 30.5. The van der Waals surface area contributed by atoms with Crippen LogP contribution in [0, 0.1) is 47.4 Å². The second-order valence-corrected chi connectivity index (χ2v) is 9.49. The van der Waals surface area contributed by atoms with Gasteiger partial charge in [0.25, 0.3) is 0 Å². The van der Waals surface area contributed by atoms with Crippen LogP contribution in [0.3, 0.4) is 0 Å². The minimum atomic E-state index is 0.981. The van der Waals surface area contributed by atoms with Gasteiger partial charge < -0.3 is 9.80 Å². The number of benzene rings is 2. The largest absolute Gasteiger partial charge is 0.372 e. The molecule has 0 aliphatic rings. The molecule has 0 spiro atoms. The van der Waals surface area contributed by atoms with Crippen LogP contribution < -0.4 is 9.80 Å². The minimum absolute atomic E-state index is 0.981. The molecule has 38 heavy (non-hydrogen) atoms. The first-order valence-electron chi connectivity index (χ1n) is 14.4. The van der Waals surface area contributed by atoms with Crippen molar-refractivity contribution in [1.29, 1.82) is 0 Å². The highest BCUT2D eigenvalue weighted by Gasteiger charge is 2.07. The summed E-state index contributed by atoms with van der Waals surface area (Å²) in [6.45, 7) is 13.3. The van der Waals surface area contributed by atoms with Gasteiger partial charge >= 0.3 is 0 Å². The zero-order valence-electron chi connectivity index (χ0n) is 24.0. The highest BCUT2D eigenvalue weighted by Crippen LogP contribution is 2.18. The maximum Gasteiger partial charge on any atom is 0.0378 e. The fourth-order valence-corrected chi connectivity index (χ4v) is 4.03. The lowest BCUT2D eigenvalue weighted by atomic mass is 10.1. The van der Waals surface area contributed by atoms with E-state index in [1.807, 2.05) is 12.1 Å². The molecule has 0 fully saturated rings. The summed E-state index contributed by atoms with van der Waals surface area (Å²) in [5.41, 5.74) is 4.44. The van der Waals surface area contributed by atoms with E-state index in [0.29, 0.717) is 0 Å². The van der Waals surface area contributed by atoms with E-state index < -0.39 is 0 Å². The third-order valence-corrected chi connectivity index (χ3v) is 6.28. The Morgan fingerprint density at radius 3 is 1.16 bits per heavy atom. The standard InChI is InChI=1S/C36H44N2/c1-5-9-27-37(28-10-6-2)35-25-19-23-33(31-35)21-17-15-13-14-16-18-22-34-24-20-26-36(32-34)38(29-11-7-3)30-12-8-4/h19-20,23-26,31-32H,5-12,27-30H2,1-4H3. The molecule has 0 N–H and O–H groups in total. The van der Waals surface area contributed by atoms with Crippen molar-refractivity contribution in [2.24, 2.45) is 0 Å². The fraction of sp³-hybridized carbons (Fsp3) is 0.444. The number of hydrogen-bond donors (Lipinski definition) is 0. The lowest BCUT2D eigenvalue weighted by molar-refractivity contribution is 0.678. The molecule has 0 aromatic heterocycles. The molecule has 0 saturated carbocycles. The van der Waals surface area contributed by atoms with Crippen molar-refractivity contribution in [3.63, 3.8) is 0 Å². The number of nitrogens with zero attached hydrogens (tertiary/aromatic N) is 2. The van der Waals surface area contributed by atoms with E-state index in [4.69, 9.17) is 0 Å². The molecule has 2 nitrogen and oxygen atoms in total. The number of anilines is 2. The molecule has 0 bridgehead atoms. The lowest BCUT2D eigenvalue weighted by Crippen LogP contribution is -2.25. The Morgan fingerprint density at radius 2 is 0.816 bits per heavy atom. The smallest absolute Gasteiger partial charge is 0.0378 e. The van der Waals surface area contributed by atoms with Crippen LogP contribution in [0.2, 0.25) is 0 Å². The van der Waals surface area contributed by atoms with Crippen LogP contribution in [-0.4, -0.2) is 26.2 Å². The first-order chi connectivity index (χ1) is 18.7. The Balaban J connectivity index is 2.02. The van der Waals surface area contributed by atoms with E-state index in [9.17, 15) is 0 Å². The summed E-state index contributed by atoms with van der Waals surface area (Å²) in [5.74, 6) is 23.5. The van der Waals surface area contributed by atoms with Crippen molar-refractivity contribution in [3.8, 4) is 47.4 Å². The van der Waals surface area contributed by atoms with E-state index in [-0.39, 0.29) is 0 Å². The minimum Gasteiger partial charge on any atom is -0.372 e. The fourth-order valence-electron chi connectivity index (χ4n) is 4.03. The van der Waals surface area contributed by atoms with Crippen molar-refractivity contribution in [2.75, 3.05) is 36.0 Å². The number of rotatable bonds is 14. The average Bonchev–Trinajstić information content (AvgIpc) is 2.95. The monoisotopic (exact) mass is 504 g/mol. The van der Waals surface area contributed by atoms with Crippen LogP contribution in [0.1, 0.15) is 90.2 Å². The molecular weight excluding hydrogens is 460 g/mol. The van der Waals surface area contributed by atoms with Gasteiger partial charge in [-0.05, 0) is 97.6 Å². The summed E-state index contributed by atoms with van der Waals surface area (Å²) in [7, 11) is 0. The predicted octanol–water partition coefficient (Wildman–Crippen LogP) is 7.91. The van der Waals surface area contributed by atoms with Crippen molar-refractivity contribution < 1.29 is 0 Å². The van der Waals surface area contributed by atoms with Crippen LogP contribution >= 0.6 is 0 Å². The molecule has 0 unspecified atom stereocenters. The van der Waals surface area contributed by atoms with Gasteiger partial charge in [-0.3, -0.25) is 0 Å². The van der Waals surface area contributed by atoms with Crippen LogP contribution in [0.5, 0.6) is 0 Å². The van der Waals surface area contributed by atoms with Crippen molar-refractivity contribution in [3.05, 3.63) is 59.7 Å². The van der Waals surface area contributed by atoms with Gasteiger partial charge in [-0.1, -0.05) is 77.4 Å². The molecule has 0 amide bonds. The Morgan fingerprint density at radius 1 is 0.474 bits per heavy atom. The third kappa shape index (κ3) is 12.0. The molecule has 0 saturated heterocycles. The van der Waals surface area contributed by atoms with Crippen molar-refractivity contribution >= 4 is 11.4 Å². The highest BCUT2D eigenvalue weighted by atomic mass is 15.1. The molecule has 0 aliphatic carbocycles. The van der Waals surface area contributed by atoms with Gasteiger partial charge in [-0.2, -0.15) is 0 Å². The Labute approximate surface area is 233 Å². The van der Waals surface area contributed by atoms with E-state index in [2.05, 4.69) is 121 Å². The van der Waals surface area contributed by atoms with Crippen LogP contribution in [-0.2, 0) is 0 Å². The molecule has 0 atom stereocenters. The summed E-state index contributed by atoms with van der Waals surface area (Å²) in [6, 6.07) is 16.9. The van der Waals surface area contributed by atoms with Crippen LogP contribution in [0.15, 0.2) is 48.5 Å². The van der Waals surface area contributed by atoms with E-state index in [0.717, 1.165) is 37.3 Å². The second kappa shape index (κ2) is 19.4. The molecule has 0 radical (unpaired) electrons. The summed E-state index contributed by atoms with van der Waals surface area (Å²) in [6.07, 6.45) is 9.61. The Bertz CT molecular complexity index is 1100. The average molecular weight is 505 g/mol. The first-order valence-corrected chi connectivity index (χ1v) is 14.4. The van der Waals surface area contributed by atoms with Crippen molar-refractivity contribution in [1.82, 2.24) is 0 Å². The van der Waals surface area contributed by atoms with E-state index in [1.165, 1.54) is 62.7 Å². The lowest BCUT2D eigenvalue weighted by Gasteiger charge is -2.24. The molecule has 2 heteroatoms. The quantitative estimate of drug-likeness (QED) is 0.241. The highest BCUT2D eigenvalue weighted by molar-refractivity contribution is 5.55. The molecule has 2 aromatic rings. The third-order valence-electron chi connectivity index (χ3n) is 6.28. The second-order valence-electron chi connectivity index (χ2n) is 9.49. The molecular formula is C36H44N2. The SMILES string of the molecule is CCCCN(CCCC)c1cccc(C#CC#CC#CC#Cc2cccc(N(CCCC)CCCC)c2)c1. The Hall–Kier alpha value is -3.72. The molecule has 0 aliphatic heterocycles. The number of unbranched alkanes of at least 4 members (excludes halogenated alkanes) is 4. The van der Waals surface area contributed by atoms with Gasteiger partial charge in [0.1, 0.15) is 0 Å². The van der Waals surface area contributed by atoms with Gasteiger partial charge in [0, 0.05) is 48.7 Å².